The summed E-state index contributed by atoms with van der Waals surface area (Å²) in [4.78, 5) is 52.0. The molecule has 0 bridgehead atoms. The van der Waals surface area contributed by atoms with E-state index >= 15 is 0 Å². The molecule has 10 nitrogen and oxygen atoms in total. The molecule has 2 aliphatic heterocycles. The molecule has 2 aliphatic rings. The van der Waals surface area contributed by atoms with Gasteiger partial charge in [-0.25, -0.2) is 4.79 Å². The summed E-state index contributed by atoms with van der Waals surface area (Å²) < 4.78 is 5.13. The Kier molecular flexibility index (Phi) is 5.77. The van der Waals surface area contributed by atoms with Gasteiger partial charge in [0.05, 0.1) is 19.7 Å². The maximum absolute atomic E-state index is 13.1. The van der Waals surface area contributed by atoms with Gasteiger partial charge in [-0.1, -0.05) is 36.4 Å². The molecule has 2 aromatic rings. The molecule has 0 aliphatic carbocycles. The summed E-state index contributed by atoms with van der Waals surface area (Å²) in [6.45, 7) is 1.70. The summed E-state index contributed by atoms with van der Waals surface area (Å²) in [5.41, 5.74) is 9.12. The van der Waals surface area contributed by atoms with Crippen molar-refractivity contribution in [3.63, 3.8) is 0 Å². The number of carbonyl (C=O) groups excluding carboxylic acids is 4. The van der Waals surface area contributed by atoms with Crippen molar-refractivity contribution >= 4 is 23.8 Å². The maximum Gasteiger partial charge on any atom is 0.344 e. The lowest BCUT2D eigenvalue weighted by atomic mass is 9.92. The lowest BCUT2D eigenvalue weighted by Gasteiger charge is -2.34. The maximum atomic E-state index is 13.1. The largest absolute Gasteiger partial charge is 0.497 e. The fourth-order valence-electron chi connectivity index (χ4n) is 4.23. The van der Waals surface area contributed by atoms with Crippen molar-refractivity contribution in [1.29, 1.82) is 0 Å². The molecule has 2 atom stereocenters. The molecule has 0 aromatic heterocycles. The second-order valence-corrected chi connectivity index (χ2v) is 8.26. The summed E-state index contributed by atoms with van der Waals surface area (Å²) in [5.74, 6) is -1.17. The highest BCUT2D eigenvalue weighted by Crippen LogP contribution is 2.29. The fourth-order valence-corrected chi connectivity index (χ4v) is 4.23. The highest BCUT2D eigenvalue weighted by molar-refractivity contribution is 6.08. The first-order valence-electron chi connectivity index (χ1n) is 10.4. The number of hydrogen-bond donors (Lipinski definition) is 3. The third kappa shape index (κ3) is 4.12. The van der Waals surface area contributed by atoms with Crippen LogP contribution < -0.4 is 21.2 Å². The quantitative estimate of drug-likeness (QED) is 0.545. The third-order valence-corrected chi connectivity index (χ3v) is 6.12. The van der Waals surface area contributed by atoms with Gasteiger partial charge in [-0.2, -0.15) is 5.01 Å². The van der Waals surface area contributed by atoms with Gasteiger partial charge in [-0.3, -0.25) is 24.7 Å². The number of primary amides is 1. The summed E-state index contributed by atoms with van der Waals surface area (Å²) in [7, 11) is 1.53. The van der Waals surface area contributed by atoms with Gasteiger partial charge in [-0.15, -0.1) is 0 Å². The highest BCUT2D eigenvalue weighted by Gasteiger charge is 2.50. The van der Waals surface area contributed by atoms with Crippen LogP contribution in [0.2, 0.25) is 0 Å². The van der Waals surface area contributed by atoms with Gasteiger partial charge in [0.1, 0.15) is 11.3 Å². The van der Waals surface area contributed by atoms with Gasteiger partial charge in [-0.05, 0) is 42.2 Å². The molecule has 0 spiro atoms. The smallest absolute Gasteiger partial charge is 0.344 e. The first-order chi connectivity index (χ1) is 15.7. The second-order valence-electron chi connectivity index (χ2n) is 8.26. The van der Waals surface area contributed by atoms with Crippen LogP contribution in [0.3, 0.4) is 0 Å². The predicted octanol–water partition coefficient (Wildman–Crippen LogP) is 0.406. The van der Waals surface area contributed by atoms with Crippen LogP contribution in [0, 0.1) is 0 Å². The number of imide groups is 1. The molecule has 2 heterocycles. The molecule has 5 amide bonds. The molecule has 0 radical (unpaired) electrons. The minimum atomic E-state index is -1.35. The number of rotatable bonds is 6. The number of ether oxygens (including phenoxy) is 1. The van der Waals surface area contributed by atoms with Crippen LogP contribution in [0.1, 0.15) is 23.6 Å². The van der Waals surface area contributed by atoms with E-state index < -0.39 is 35.3 Å². The number of nitrogens with one attached hydrogen (secondary N) is 2. The number of nitrogens with zero attached hydrogens (tertiary/aromatic N) is 2. The Morgan fingerprint density at radius 1 is 1.15 bits per heavy atom. The molecular formula is C23H25N5O5. The summed E-state index contributed by atoms with van der Waals surface area (Å²) in [6.07, 6.45) is 0.386. The van der Waals surface area contributed by atoms with Crippen molar-refractivity contribution in [2.75, 3.05) is 13.7 Å². The van der Waals surface area contributed by atoms with Gasteiger partial charge in [0.15, 0.2) is 0 Å². The molecule has 1 unspecified atom stereocenters. The van der Waals surface area contributed by atoms with Crippen LogP contribution in [0.15, 0.2) is 48.5 Å². The van der Waals surface area contributed by atoms with Crippen molar-refractivity contribution in [3.8, 4) is 5.75 Å². The van der Waals surface area contributed by atoms with E-state index in [-0.39, 0.29) is 6.54 Å². The number of hydrazine groups is 1. The number of fused-ring (bicyclic) bond motifs is 1. The highest BCUT2D eigenvalue weighted by atomic mass is 16.5. The zero-order chi connectivity index (χ0) is 23.8. The summed E-state index contributed by atoms with van der Waals surface area (Å²) in [6, 6.07) is 12.9. The Bertz CT molecular complexity index is 1120. The van der Waals surface area contributed by atoms with Crippen molar-refractivity contribution in [2.24, 2.45) is 5.73 Å². The van der Waals surface area contributed by atoms with Gasteiger partial charge < -0.3 is 15.8 Å². The van der Waals surface area contributed by atoms with Gasteiger partial charge in [0, 0.05) is 6.54 Å². The Labute approximate surface area is 190 Å². The molecule has 33 heavy (non-hydrogen) atoms. The minimum absolute atomic E-state index is 0.210. The molecule has 172 valence electrons. The number of benzene rings is 2. The van der Waals surface area contributed by atoms with Gasteiger partial charge in [0.2, 0.25) is 5.91 Å². The average molecular weight is 451 g/mol. The Balaban J connectivity index is 1.47. The molecular weight excluding hydrogens is 426 g/mol. The molecule has 0 saturated carbocycles. The molecule has 10 heteroatoms. The second kappa shape index (κ2) is 8.55. The average Bonchev–Trinajstić information content (AvgIpc) is 3.02. The predicted molar refractivity (Wildman–Crippen MR) is 117 cm³/mol. The zero-order valence-corrected chi connectivity index (χ0v) is 18.3. The summed E-state index contributed by atoms with van der Waals surface area (Å²) in [5, 5.41) is 3.30. The van der Waals surface area contributed by atoms with E-state index in [0.29, 0.717) is 29.3 Å². The lowest BCUT2D eigenvalue weighted by Crippen LogP contribution is -2.55. The number of amides is 5. The molecule has 4 rings (SSSR count). The number of nitrogens with two attached hydrogens (primary N) is 1. The molecule has 1 saturated heterocycles. The van der Waals surface area contributed by atoms with Crippen LogP contribution >= 0.6 is 0 Å². The Morgan fingerprint density at radius 3 is 2.45 bits per heavy atom. The standard InChI is InChI=1S/C23H25N5O5/c1-23(16-7-9-17(33-2)10-8-16)21(31)28(22(32)25-23)26-19(29)13-27-12-15-6-4-3-5-14(15)11-18(27)20(24)30/h3-10,18H,11-13H2,1-2H3,(H2,24,30)(H,25,32)(H,26,29)/t18-,23?/m0/s1. The van der Waals surface area contributed by atoms with Crippen LogP contribution in [0.4, 0.5) is 4.79 Å². The lowest BCUT2D eigenvalue weighted by molar-refractivity contribution is -0.140. The van der Waals surface area contributed by atoms with E-state index in [9.17, 15) is 19.2 Å². The van der Waals surface area contributed by atoms with E-state index in [2.05, 4.69) is 10.7 Å². The number of urea groups is 1. The van der Waals surface area contributed by atoms with Crippen molar-refractivity contribution in [3.05, 3.63) is 65.2 Å². The van der Waals surface area contributed by atoms with Gasteiger partial charge in [0.25, 0.3) is 11.8 Å². The summed E-state index contributed by atoms with van der Waals surface area (Å²) >= 11 is 0. The Hall–Kier alpha value is -3.92. The fraction of sp³-hybridized carbons (Fsp3) is 0.304. The van der Waals surface area contributed by atoms with Crippen LogP contribution in [-0.4, -0.2) is 53.4 Å². The van der Waals surface area contributed by atoms with E-state index in [1.807, 2.05) is 24.3 Å². The van der Waals surface area contributed by atoms with Crippen molar-refractivity contribution < 1.29 is 23.9 Å². The number of hydrogen-bond acceptors (Lipinski definition) is 6. The monoisotopic (exact) mass is 451 g/mol. The van der Waals surface area contributed by atoms with Crippen LogP contribution in [-0.2, 0) is 32.9 Å². The SMILES string of the molecule is COc1ccc(C2(C)NC(=O)N(NC(=O)CN3Cc4ccccc4C[C@H]3C(N)=O)C2=O)cc1. The topological polar surface area (TPSA) is 134 Å². The molecule has 4 N–H and O–H groups in total. The van der Waals surface area contributed by atoms with Crippen molar-refractivity contribution in [2.45, 2.75) is 31.5 Å². The van der Waals surface area contributed by atoms with Crippen LogP contribution in [0.25, 0.3) is 0 Å². The van der Waals surface area contributed by atoms with E-state index in [1.165, 1.54) is 7.11 Å². The van der Waals surface area contributed by atoms with E-state index in [1.54, 1.807) is 36.1 Å². The number of methoxy groups -OCH3 is 1. The molecule has 2 aromatic carbocycles. The normalized spacial score (nSPS) is 22.5. The van der Waals surface area contributed by atoms with Gasteiger partial charge >= 0.3 is 6.03 Å². The van der Waals surface area contributed by atoms with E-state index in [4.69, 9.17) is 10.5 Å². The first-order valence-corrected chi connectivity index (χ1v) is 10.4. The molecule has 1 fully saturated rings. The van der Waals surface area contributed by atoms with Crippen molar-refractivity contribution in [1.82, 2.24) is 20.7 Å². The third-order valence-electron chi connectivity index (χ3n) is 6.12. The zero-order valence-electron chi connectivity index (χ0n) is 18.3. The van der Waals surface area contributed by atoms with E-state index in [0.717, 1.165) is 11.1 Å². The minimum Gasteiger partial charge on any atom is -0.497 e. The Morgan fingerprint density at radius 2 is 1.82 bits per heavy atom. The van der Waals surface area contributed by atoms with Crippen LogP contribution in [0.5, 0.6) is 5.75 Å². The number of carbonyl (C=O) groups is 4. The first kappa shape index (κ1) is 22.3.